The molecule has 0 spiro atoms. The molecule has 116 valence electrons. The van der Waals surface area contributed by atoms with Crippen molar-refractivity contribution in [1.29, 1.82) is 0 Å². The van der Waals surface area contributed by atoms with E-state index < -0.39 is 30.7 Å². The minimum Gasteiger partial charge on any atom is -0.497 e. The number of amides is 1. The maximum absolute atomic E-state index is 12.7. The summed E-state index contributed by atoms with van der Waals surface area (Å²) >= 11 is 0. The van der Waals surface area contributed by atoms with Gasteiger partial charge in [0.25, 0.3) is 0 Å². The number of alkyl halides is 3. The zero-order valence-corrected chi connectivity index (χ0v) is 11.5. The van der Waals surface area contributed by atoms with Gasteiger partial charge in [-0.1, -0.05) is 12.1 Å². The Morgan fingerprint density at radius 1 is 1.38 bits per heavy atom. The molecule has 1 atom stereocenters. The van der Waals surface area contributed by atoms with E-state index in [0.29, 0.717) is 11.3 Å². The minimum absolute atomic E-state index is 0.00205. The van der Waals surface area contributed by atoms with Crippen LogP contribution in [0.5, 0.6) is 5.75 Å². The van der Waals surface area contributed by atoms with E-state index in [1.807, 2.05) is 0 Å². The van der Waals surface area contributed by atoms with Crippen LogP contribution in [0.1, 0.15) is 12.0 Å². The highest BCUT2D eigenvalue weighted by molar-refractivity contribution is 5.79. The molecular weight excluding hydrogens is 287 g/mol. The maximum atomic E-state index is 12.7. The number of carbonyl (C=O) groups excluding carboxylic acids is 1. The lowest BCUT2D eigenvalue weighted by Crippen LogP contribution is -2.48. The lowest BCUT2D eigenvalue weighted by atomic mass is 10.0. The second-order valence-electron chi connectivity index (χ2n) is 5.12. The minimum atomic E-state index is -4.72. The molecule has 0 saturated carbocycles. The van der Waals surface area contributed by atoms with Crippen molar-refractivity contribution < 1.29 is 27.8 Å². The number of β-amino-alcohol motifs (C(OH)–C–C–N with tert-alkyl or cyclic N) is 1. The molecule has 2 rings (SSSR count). The van der Waals surface area contributed by atoms with Gasteiger partial charge in [0.2, 0.25) is 5.91 Å². The maximum Gasteiger partial charge on any atom is 0.419 e. The van der Waals surface area contributed by atoms with Gasteiger partial charge in [0.05, 0.1) is 20.1 Å². The first-order valence-electron chi connectivity index (χ1n) is 6.45. The van der Waals surface area contributed by atoms with E-state index in [4.69, 9.17) is 4.74 Å². The van der Waals surface area contributed by atoms with Crippen LogP contribution in [0, 0.1) is 0 Å². The molecule has 0 aliphatic carbocycles. The van der Waals surface area contributed by atoms with E-state index >= 15 is 0 Å². The fourth-order valence-electron chi connectivity index (χ4n) is 2.27. The zero-order chi connectivity index (χ0) is 15.7. The molecule has 1 aromatic carbocycles. The molecule has 7 heteroatoms. The first-order valence-corrected chi connectivity index (χ1v) is 6.45. The van der Waals surface area contributed by atoms with Gasteiger partial charge >= 0.3 is 6.18 Å². The molecule has 1 amide bonds. The van der Waals surface area contributed by atoms with E-state index in [1.165, 1.54) is 7.11 Å². The standard InChI is InChI=1S/C14H16F3NO3/c1-21-11-4-2-10(3-5-11)8-12(19)18-7-6-13(20,9-18)14(15,16)17/h2-5,20H,6-9H2,1H3. The molecule has 1 fully saturated rings. The van der Waals surface area contributed by atoms with Gasteiger partial charge in [0.15, 0.2) is 5.60 Å². The number of rotatable bonds is 3. The predicted octanol–water partition coefficient (Wildman–Crippen LogP) is 1.76. The second-order valence-corrected chi connectivity index (χ2v) is 5.12. The van der Waals surface area contributed by atoms with Crippen molar-refractivity contribution in [2.75, 3.05) is 20.2 Å². The van der Waals surface area contributed by atoms with Crippen molar-refractivity contribution >= 4 is 5.91 Å². The Morgan fingerprint density at radius 2 is 2.00 bits per heavy atom. The summed E-state index contributed by atoms with van der Waals surface area (Å²) in [5.41, 5.74) is -2.11. The highest BCUT2D eigenvalue weighted by atomic mass is 19.4. The van der Waals surface area contributed by atoms with Crippen LogP contribution >= 0.6 is 0 Å². The summed E-state index contributed by atoms with van der Waals surface area (Å²) in [4.78, 5) is 13.1. The molecule has 0 aromatic heterocycles. The van der Waals surface area contributed by atoms with Crippen molar-refractivity contribution in [3.05, 3.63) is 29.8 Å². The number of likely N-dealkylation sites (tertiary alicyclic amines) is 1. The van der Waals surface area contributed by atoms with E-state index in [9.17, 15) is 23.1 Å². The average Bonchev–Trinajstić information content (AvgIpc) is 2.83. The number of methoxy groups -OCH3 is 1. The Balaban J connectivity index is 1.98. The molecule has 1 heterocycles. The van der Waals surface area contributed by atoms with Crippen molar-refractivity contribution in [2.45, 2.75) is 24.6 Å². The summed E-state index contributed by atoms with van der Waals surface area (Å²) in [5.74, 6) is 0.208. The Labute approximate surface area is 120 Å². The van der Waals surface area contributed by atoms with Gasteiger partial charge in [0, 0.05) is 13.0 Å². The Morgan fingerprint density at radius 3 is 2.48 bits per heavy atom. The fourth-order valence-corrected chi connectivity index (χ4v) is 2.27. The molecule has 1 aromatic rings. The Hall–Kier alpha value is -1.76. The average molecular weight is 303 g/mol. The van der Waals surface area contributed by atoms with Crippen LogP contribution in [0.4, 0.5) is 13.2 Å². The molecule has 1 aliphatic heterocycles. The molecular formula is C14H16F3NO3. The van der Waals surface area contributed by atoms with Crippen LogP contribution in [0.25, 0.3) is 0 Å². The van der Waals surface area contributed by atoms with Crippen LogP contribution in [-0.2, 0) is 11.2 Å². The first kappa shape index (κ1) is 15.6. The van der Waals surface area contributed by atoms with Crippen molar-refractivity contribution in [2.24, 2.45) is 0 Å². The number of hydrogen-bond donors (Lipinski definition) is 1. The smallest absolute Gasteiger partial charge is 0.419 e. The normalized spacial score (nSPS) is 22.4. The fraction of sp³-hybridized carbons (Fsp3) is 0.500. The molecule has 1 saturated heterocycles. The largest absolute Gasteiger partial charge is 0.497 e. The van der Waals surface area contributed by atoms with Gasteiger partial charge in [-0.25, -0.2) is 0 Å². The molecule has 1 aliphatic rings. The molecule has 21 heavy (non-hydrogen) atoms. The second kappa shape index (κ2) is 5.55. The molecule has 0 bridgehead atoms. The van der Waals surface area contributed by atoms with Crippen molar-refractivity contribution in [1.82, 2.24) is 4.90 Å². The third kappa shape index (κ3) is 3.29. The molecule has 1 N–H and O–H groups in total. The van der Waals surface area contributed by atoms with Gasteiger partial charge in [-0.05, 0) is 17.7 Å². The van der Waals surface area contributed by atoms with Crippen LogP contribution < -0.4 is 4.74 Å². The van der Waals surface area contributed by atoms with Gasteiger partial charge in [0.1, 0.15) is 5.75 Å². The summed E-state index contributed by atoms with van der Waals surface area (Å²) in [7, 11) is 1.52. The van der Waals surface area contributed by atoms with Crippen LogP contribution in [-0.4, -0.2) is 47.9 Å². The lowest BCUT2D eigenvalue weighted by Gasteiger charge is -2.25. The third-order valence-corrected chi connectivity index (χ3v) is 3.64. The lowest BCUT2D eigenvalue weighted by molar-refractivity contribution is -0.253. The summed E-state index contributed by atoms with van der Waals surface area (Å²) in [6.45, 7) is -0.795. The van der Waals surface area contributed by atoms with E-state index in [2.05, 4.69) is 0 Å². The van der Waals surface area contributed by atoms with Gasteiger partial charge in [-0.2, -0.15) is 13.2 Å². The van der Waals surface area contributed by atoms with Gasteiger partial charge < -0.3 is 14.7 Å². The van der Waals surface area contributed by atoms with Crippen molar-refractivity contribution in [3.8, 4) is 5.75 Å². The summed E-state index contributed by atoms with van der Waals surface area (Å²) < 4.78 is 43.1. The summed E-state index contributed by atoms with van der Waals surface area (Å²) in [6.07, 6.45) is -5.20. The van der Waals surface area contributed by atoms with Gasteiger partial charge in [-0.15, -0.1) is 0 Å². The third-order valence-electron chi connectivity index (χ3n) is 3.64. The Bertz CT molecular complexity index is 515. The number of hydrogen-bond acceptors (Lipinski definition) is 3. The first-order chi connectivity index (χ1) is 9.75. The highest BCUT2D eigenvalue weighted by Crippen LogP contribution is 2.37. The SMILES string of the molecule is COc1ccc(CC(=O)N2CCC(O)(C(F)(F)F)C2)cc1. The van der Waals surface area contributed by atoms with E-state index in [0.717, 1.165) is 4.90 Å². The monoisotopic (exact) mass is 303 g/mol. The number of ether oxygens (including phenoxy) is 1. The van der Waals surface area contributed by atoms with E-state index in [-0.39, 0.29) is 13.0 Å². The number of halogens is 3. The number of aliphatic hydroxyl groups is 1. The predicted molar refractivity (Wildman–Crippen MR) is 68.9 cm³/mol. The number of benzene rings is 1. The van der Waals surface area contributed by atoms with Crippen LogP contribution in [0.3, 0.4) is 0 Å². The highest BCUT2D eigenvalue weighted by Gasteiger charge is 2.57. The number of nitrogens with zero attached hydrogens (tertiary/aromatic N) is 1. The van der Waals surface area contributed by atoms with Crippen molar-refractivity contribution in [3.63, 3.8) is 0 Å². The van der Waals surface area contributed by atoms with Crippen LogP contribution in [0.2, 0.25) is 0 Å². The van der Waals surface area contributed by atoms with Crippen LogP contribution in [0.15, 0.2) is 24.3 Å². The quantitative estimate of drug-likeness (QED) is 0.926. The molecule has 4 nitrogen and oxygen atoms in total. The summed E-state index contributed by atoms with van der Waals surface area (Å²) in [5, 5.41) is 9.55. The molecule has 1 unspecified atom stereocenters. The number of carbonyl (C=O) groups is 1. The van der Waals surface area contributed by atoms with Gasteiger partial charge in [-0.3, -0.25) is 4.79 Å². The molecule has 0 radical (unpaired) electrons. The zero-order valence-electron chi connectivity index (χ0n) is 11.5. The summed E-state index contributed by atoms with van der Waals surface area (Å²) in [6, 6.07) is 6.73. The van der Waals surface area contributed by atoms with E-state index in [1.54, 1.807) is 24.3 Å². The Kier molecular flexibility index (Phi) is 4.13. The topological polar surface area (TPSA) is 49.8 Å².